The Morgan fingerprint density at radius 1 is 1.00 bits per heavy atom. The van der Waals surface area contributed by atoms with Gasteiger partial charge < -0.3 is 20.9 Å². The lowest BCUT2D eigenvalue weighted by Crippen LogP contribution is -2.33. The Morgan fingerprint density at radius 3 is 2.25 bits per heavy atom. The third kappa shape index (κ3) is 4.49. The molecular formula is C20H28N2O2. The first kappa shape index (κ1) is 18.3. The molecule has 2 unspecified atom stereocenters. The van der Waals surface area contributed by atoms with Crippen LogP contribution in [-0.4, -0.2) is 26.8 Å². The highest BCUT2D eigenvalue weighted by Gasteiger charge is 2.19. The molecule has 0 amide bonds. The summed E-state index contributed by atoms with van der Waals surface area (Å²) in [4.78, 5) is 0. The minimum absolute atomic E-state index is 0.0184. The number of nitrogens with two attached hydrogens (primary N) is 2. The van der Waals surface area contributed by atoms with Crippen molar-refractivity contribution in [3.05, 3.63) is 59.2 Å². The molecule has 2 aromatic carbocycles. The van der Waals surface area contributed by atoms with Crippen LogP contribution in [0.2, 0.25) is 0 Å². The van der Waals surface area contributed by atoms with Gasteiger partial charge in [0.2, 0.25) is 0 Å². The highest BCUT2D eigenvalue weighted by molar-refractivity contribution is 5.38. The summed E-state index contributed by atoms with van der Waals surface area (Å²) in [6.45, 7) is 2.58. The molecule has 2 rings (SSSR count). The van der Waals surface area contributed by atoms with E-state index < -0.39 is 0 Å². The maximum absolute atomic E-state index is 6.45. The molecule has 0 spiro atoms. The van der Waals surface area contributed by atoms with E-state index in [4.69, 9.17) is 20.9 Å². The van der Waals surface area contributed by atoms with Crippen molar-refractivity contribution in [3.8, 4) is 11.5 Å². The summed E-state index contributed by atoms with van der Waals surface area (Å²) < 4.78 is 10.5. The van der Waals surface area contributed by atoms with Crippen molar-refractivity contribution >= 4 is 0 Å². The Labute approximate surface area is 144 Å². The van der Waals surface area contributed by atoms with Gasteiger partial charge in [0.05, 0.1) is 14.2 Å². The molecule has 2 aromatic rings. The van der Waals surface area contributed by atoms with E-state index in [1.165, 1.54) is 11.1 Å². The fourth-order valence-electron chi connectivity index (χ4n) is 3.02. The average molecular weight is 328 g/mol. The fourth-order valence-corrected chi connectivity index (χ4v) is 3.02. The van der Waals surface area contributed by atoms with Crippen molar-refractivity contribution in [2.75, 3.05) is 20.8 Å². The van der Waals surface area contributed by atoms with Crippen molar-refractivity contribution in [2.45, 2.75) is 31.7 Å². The van der Waals surface area contributed by atoms with Gasteiger partial charge in [0.25, 0.3) is 0 Å². The van der Waals surface area contributed by atoms with Crippen LogP contribution in [0.25, 0.3) is 0 Å². The van der Waals surface area contributed by atoms with Gasteiger partial charge in [-0.3, -0.25) is 0 Å². The quantitative estimate of drug-likeness (QED) is 0.781. The van der Waals surface area contributed by atoms with E-state index in [9.17, 15) is 0 Å². The second-order valence-electron chi connectivity index (χ2n) is 6.12. The van der Waals surface area contributed by atoms with E-state index in [1.54, 1.807) is 14.2 Å². The van der Waals surface area contributed by atoms with Crippen molar-refractivity contribution in [3.63, 3.8) is 0 Å². The Hall–Kier alpha value is -2.04. The van der Waals surface area contributed by atoms with Crippen molar-refractivity contribution < 1.29 is 9.47 Å². The third-order valence-electron chi connectivity index (χ3n) is 4.54. The zero-order valence-electron chi connectivity index (χ0n) is 14.8. The van der Waals surface area contributed by atoms with E-state index >= 15 is 0 Å². The summed E-state index contributed by atoms with van der Waals surface area (Å²) in [5.41, 5.74) is 16.0. The molecule has 4 N–H and O–H groups in total. The van der Waals surface area contributed by atoms with E-state index in [-0.39, 0.29) is 12.0 Å². The SMILES string of the molecule is COc1ccc(CCC(N)C(CN)c2ccc(OC)c(C)c2)cc1. The highest BCUT2D eigenvalue weighted by Crippen LogP contribution is 2.26. The van der Waals surface area contributed by atoms with Crippen LogP contribution in [0, 0.1) is 6.92 Å². The molecule has 4 heteroatoms. The van der Waals surface area contributed by atoms with Crippen molar-refractivity contribution in [2.24, 2.45) is 11.5 Å². The number of hydrogen-bond donors (Lipinski definition) is 2. The first-order chi connectivity index (χ1) is 11.6. The van der Waals surface area contributed by atoms with Gasteiger partial charge in [0.1, 0.15) is 11.5 Å². The molecule has 0 aromatic heterocycles. The predicted octanol–water partition coefficient (Wildman–Crippen LogP) is 3.01. The first-order valence-electron chi connectivity index (χ1n) is 8.32. The van der Waals surface area contributed by atoms with E-state index in [1.807, 2.05) is 25.1 Å². The Morgan fingerprint density at radius 2 is 1.71 bits per heavy atom. The zero-order chi connectivity index (χ0) is 17.5. The molecule has 0 aliphatic heterocycles. The third-order valence-corrected chi connectivity index (χ3v) is 4.54. The predicted molar refractivity (Wildman–Crippen MR) is 98.8 cm³/mol. The van der Waals surface area contributed by atoms with Crippen molar-refractivity contribution in [1.82, 2.24) is 0 Å². The van der Waals surface area contributed by atoms with E-state index in [0.29, 0.717) is 6.54 Å². The molecule has 0 aliphatic carbocycles. The lowest BCUT2D eigenvalue weighted by molar-refractivity contribution is 0.411. The second-order valence-corrected chi connectivity index (χ2v) is 6.12. The molecule has 0 fully saturated rings. The first-order valence-corrected chi connectivity index (χ1v) is 8.32. The monoisotopic (exact) mass is 328 g/mol. The largest absolute Gasteiger partial charge is 0.497 e. The van der Waals surface area contributed by atoms with Gasteiger partial charge >= 0.3 is 0 Å². The van der Waals surface area contributed by atoms with E-state index in [2.05, 4.69) is 24.3 Å². The number of rotatable bonds is 8. The van der Waals surface area contributed by atoms with Gasteiger partial charge in [0.15, 0.2) is 0 Å². The van der Waals surface area contributed by atoms with Crippen LogP contribution in [0.1, 0.15) is 29.0 Å². The van der Waals surface area contributed by atoms with Gasteiger partial charge in [0, 0.05) is 18.5 Å². The summed E-state index contributed by atoms with van der Waals surface area (Å²) in [5.74, 6) is 1.91. The molecule has 0 radical (unpaired) electrons. The minimum Gasteiger partial charge on any atom is -0.497 e. The summed E-state index contributed by atoms with van der Waals surface area (Å²) in [7, 11) is 3.36. The van der Waals surface area contributed by atoms with Crippen molar-refractivity contribution in [1.29, 1.82) is 0 Å². The second kappa shape index (κ2) is 8.71. The summed E-state index contributed by atoms with van der Waals surface area (Å²) in [6.07, 6.45) is 1.82. The van der Waals surface area contributed by atoms with Crippen LogP contribution in [0.15, 0.2) is 42.5 Å². The minimum atomic E-state index is 0.0184. The number of aryl methyl sites for hydroxylation is 2. The van der Waals surface area contributed by atoms with Crippen LogP contribution >= 0.6 is 0 Å². The molecule has 24 heavy (non-hydrogen) atoms. The molecule has 0 aliphatic rings. The van der Waals surface area contributed by atoms with Crippen LogP contribution < -0.4 is 20.9 Å². The van der Waals surface area contributed by atoms with Crippen LogP contribution in [0.3, 0.4) is 0 Å². The number of methoxy groups -OCH3 is 2. The lowest BCUT2D eigenvalue weighted by atomic mass is 9.87. The highest BCUT2D eigenvalue weighted by atomic mass is 16.5. The number of benzene rings is 2. The maximum atomic E-state index is 6.45. The summed E-state index contributed by atoms with van der Waals surface area (Å²) in [6, 6.07) is 14.3. The smallest absolute Gasteiger partial charge is 0.121 e. The van der Waals surface area contributed by atoms with Crippen LogP contribution in [-0.2, 0) is 6.42 Å². The van der Waals surface area contributed by atoms with Gasteiger partial charge in [-0.05, 0) is 54.7 Å². The summed E-state index contributed by atoms with van der Waals surface area (Å²) in [5, 5.41) is 0. The molecule has 0 saturated carbocycles. The van der Waals surface area contributed by atoms with Gasteiger partial charge in [-0.1, -0.05) is 24.3 Å². The standard InChI is InChI=1S/C20H28N2O2/c1-14-12-16(7-11-20(14)24-3)18(13-21)19(22)10-6-15-4-8-17(23-2)9-5-15/h4-5,7-9,11-12,18-19H,6,10,13,21-22H2,1-3H3. The maximum Gasteiger partial charge on any atom is 0.121 e. The summed E-state index contributed by atoms with van der Waals surface area (Å²) >= 11 is 0. The Kier molecular flexibility index (Phi) is 6.64. The lowest BCUT2D eigenvalue weighted by Gasteiger charge is -2.24. The molecule has 0 bridgehead atoms. The molecule has 4 nitrogen and oxygen atoms in total. The molecular weight excluding hydrogens is 300 g/mol. The Balaban J connectivity index is 2.02. The fraction of sp³-hybridized carbons (Fsp3) is 0.400. The number of ether oxygens (including phenoxy) is 2. The van der Waals surface area contributed by atoms with Gasteiger partial charge in [-0.15, -0.1) is 0 Å². The molecule has 2 atom stereocenters. The topological polar surface area (TPSA) is 70.5 Å². The van der Waals surface area contributed by atoms with E-state index in [0.717, 1.165) is 29.9 Å². The van der Waals surface area contributed by atoms with Gasteiger partial charge in [-0.2, -0.15) is 0 Å². The molecule has 130 valence electrons. The van der Waals surface area contributed by atoms with Crippen LogP contribution in [0.4, 0.5) is 0 Å². The molecule has 0 saturated heterocycles. The van der Waals surface area contributed by atoms with Gasteiger partial charge in [-0.25, -0.2) is 0 Å². The Bertz CT molecular complexity index is 641. The number of hydrogen-bond acceptors (Lipinski definition) is 4. The molecule has 0 heterocycles. The average Bonchev–Trinajstić information content (AvgIpc) is 2.61. The van der Waals surface area contributed by atoms with Crippen LogP contribution in [0.5, 0.6) is 11.5 Å². The zero-order valence-corrected chi connectivity index (χ0v) is 14.8. The normalized spacial score (nSPS) is 13.4.